The molecular weight excluding hydrogens is 246 g/mol. The second kappa shape index (κ2) is 3.38. The van der Waals surface area contributed by atoms with Crippen molar-refractivity contribution < 1.29 is 0 Å². The Morgan fingerprint density at radius 2 is 2.21 bits per heavy atom. The number of hydrogen-bond acceptors (Lipinski definition) is 4. The van der Waals surface area contributed by atoms with Crippen molar-refractivity contribution in [2.75, 3.05) is 5.73 Å². The van der Waals surface area contributed by atoms with Crippen LogP contribution in [0.4, 0.5) is 5.69 Å². The Labute approximate surface area is 89.0 Å². The summed E-state index contributed by atoms with van der Waals surface area (Å²) < 4.78 is 0.939. The molecule has 2 aromatic rings. The van der Waals surface area contributed by atoms with Gasteiger partial charge in [-0.25, -0.2) is 0 Å². The van der Waals surface area contributed by atoms with Crippen LogP contribution in [0.5, 0.6) is 0 Å². The van der Waals surface area contributed by atoms with Gasteiger partial charge in [0.25, 0.3) is 0 Å². The third kappa shape index (κ3) is 1.60. The van der Waals surface area contributed by atoms with Crippen LogP contribution in [0, 0.1) is 0 Å². The Morgan fingerprint density at radius 1 is 1.43 bits per heavy atom. The second-order valence-corrected chi connectivity index (χ2v) is 3.75. The summed E-state index contributed by atoms with van der Waals surface area (Å²) in [6, 6.07) is 5.54. The summed E-state index contributed by atoms with van der Waals surface area (Å²) in [4.78, 5) is 1.40. The van der Waals surface area contributed by atoms with Gasteiger partial charge in [-0.15, -0.1) is 10.2 Å². The fourth-order valence-corrected chi connectivity index (χ4v) is 1.48. The van der Waals surface area contributed by atoms with Crippen LogP contribution in [0.3, 0.4) is 0 Å². The van der Waals surface area contributed by atoms with Gasteiger partial charge in [-0.3, -0.25) is 0 Å². The Hall–Kier alpha value is -1.43. The minimum atomic E-state index is 0.534. The lowest BCUT2D eigenvalue weighted by molar-refractivity contribution is 0.630. The molecule has 1 aromatic carbocycles. The zero-order valence-corrected chi connectivity index (χ0v) is 9.06. The largest absolute Gasteiger partial charge is 0.398 e. The first kappa shape index (κ1) is 9.14. The van der Waals surface area contributed by atoms with Crippen LogP contribution < -0.4 is 5.73 Å². The fourth-order valence-electron chi connectivity index (χ4n) is 1.11. The number of aryl methyl sites for hydroxylation is 1. The van der Waals surface area contributed by atoms with E-state index in [0.29, 0.717) is 11.5 Å². The van der Waals surface area contributed by atoms with Gasteiger partial charge in [-0.2, -0.15) is 4.80 Å². The molecule has 0 saturated heterocycles. The molecule has 0 bridgehead atoms. The molecule has 0 aliphatic carbocycles. The van der Waals surface area contributed by atoms with E-state index in [2.05, 4.69) is 31.3 Å². The lowest BCUT2D eigenvalue weighted by Crippen LogP contribution is -1.93. The number of tetrazole rings is 1. The first-order valence-corrected chi connectivity index (χ1v) is 4.75. The highest BCUT2D eigenvalue weighted by Gasteiger charge is 2.08. The number of hydrogen-bond donors (Lipinski definition) is 1. The van der Waals surface area contributed by atoms with Crippen molar-refractivity contribution in [1.82, 2.24) is 20.2 Å². The van der Waals surface area contributed by atoms with Crippen LogP contribution in [0.2, 0.25) is 0 Å². The first-order chi connectivity index (χ1) is 6.66. The van der Waals surface area contributed by atoms with Crippen LogP contribution in [-0.2, 0) is 7.05 Å². The zero-order valence-electron chi connectivity index (χ0n) is 7.48. The molecular formula is C8H8BrN5. The third-order valence-electron chi connectivity index (χ3n) is 1.76. The standard InChI is InChI=1S/C8H8BrN5/c1-14-12-8(11-13-14)6-4-5(9)2-3-7(6)10/h2-4H,10H2,1H3. The molecule has 0 aliphatic rings. The maximum atomic E-state index is 5.79. The summed E-state index contributed by atoms with van der Waals surface area (Å²) in [5.74, 6) is 0.534. The molecule has 0 atom stereocenters. The number of nitrogen functional groups attached to an aromatic ring is 1. The highest BCUT2D eigenvalue weighted by Crippen LogP contribution is 2.25. The maximum Gasteiger partial charge on any atom is 0.207 e. The second-order valence-electron chi connectivity index (χ2n) is 2.83. The van der Waals surface area contributed by atoms with E-state index in [1.54, 1.807) is 13.1 Å². The fraction of sp³-hybridized carbons (Fsp3) is 0.125. The average molecular weight is 254 g/mol. The number of aromatic nitrogens is 4. The SMILES string of the molecule is Cn1nnc(-c2cc(Br)ccc2N)n1. The summed E-state index contributed by atoms with van der Waals surface area (Å²) in [7, 11) is 1.71. The summed E-state index contributed by atoms with van der Waals surface area (Å²) in [5.41, 5.74) is 7.22. The van der Waals surface area contributed by atoms with Crippen LogP contribution in [0.15, 0.2) is 22.7 Å². The molecule has 0 fully saturated rings. The van der Waals surface area contributed by atoms with E-state index in [4.69, 9.17) is 5.73 Å². The number of nitrogens with zero attached hydrogens (tertiary/aromatic N) is 4. The average Bonchev–Trinajstić information content (AvgIpc) is 2.56. The summed E-state index contributed by atoms with van der Waals surface area (Å²) in [6.45, 7) is 0. The maximum absolute atomic E-state index is 5.79. The third-order valence-corrected chi connectivity index (χ3v) is 2.26. The molecule has 14 heavy (non-hydrogen) atoms. The van der Waals surface area contributed by atoms with Gasteiger partial charge in [0.05, 0.1) is 7.05 Å². The molecule has 1 aromatic heterocycles. The smallest absolute Gasteiger partial charge is 0.207 e. The summed E-state index contributed by atoms with van der Waals surface area (Å²) in [5, 5.41) is 11.7. The van der Waals surface area contributed by atoms with Gasteiger partial charge >= 0.3 is 0 Å². The van der Waals surface area contributed by atoms with Gasteiger partial charge in [0.1, 0.15) is 0 Å². The van der Waals surface area contributed by atoms with E-state index in [1.165, 1.54) is 4.80 Å². The minimum absolute atomic E-state index is 0.534. The molecule has 6 heteroatoms. The lowest BCUT2D eigenvalue weighted by Gasteiger charge is -2.00. The highest BCUT2D eigenvalue weighted by atomic mass is 79.9. The molecule has 0 aliphatic heterocycles. The Morgan fingerprint density at radius 3 is 2.86 bits per heavy atom. The predicted molar refractivity (Wildman–Crippen MR) is 56.3 cm³/mol. The van der Waals surface area contributed by atoms with E-state index in [0.717, 1.165) is 10.0 Å². The molecule has 0 unspecified atom stereocenters. The monoisotopic (exact) mass is 253 g/mol. The van der Waals surface area contributed by atoms with Gasteiger partial charge in [0.15, 0.2) is 0 Å². The van der Waals surface area contributed by atoms with Crippen LogP contribution in [0.25, 0.3) is 11.4 Å². The molecule has 2 N–H and O–H groups in total. The molecule has 0 amide bonds. The molecule has 2 rings (SSSR count). The van der Waals surface area contributed by atoms with E-state index in [-0.39, 0.29) is 0 Å². The summed E-state index contributed by atoms with van der Waals surface area (Å²) >= 11 is 3.36. The van der Waals surface area contributed by atoms with Gasteiger partial charge in [-0.1, -0.05) is 15.9 Å². The van der Waals surface area contributed by atoms with E-state index < -0.39 is 0 Å². The van der Waals surface area contributed by atoms with Gasteiger partial charge in [0.2, 0.25) is 5.82 Å². The topological polar surface area (TPSA) is 69.6 Å². The van der Waals surface area contributed by atoms with Crippen molar-refractivity contribution in [3.8, 4) is 11.4 Å². The van der Waals surface area contributed by atoms with Crippen molar-refractivity contribution in [1.29, 1.82) is 0 Å². The Bertz CT molecular complexity index is 465. The number of anilines is 1. The predicted octanol–water partition coefficient (Wildman–Crippen LogP) is 1.22. The molecule has 0 radical (unpaired) electrons. The van der Waals surface area contributed by atoms with Gasteiger partial charge in [-0.05, 0) is 23.4 Å². The first-order valence-electron chi connectivity index (χ1n) is 3.96. The van der Waals surface area contributed by atoms with Crippen molar-refractivity contribution in [2.45, 2.75) is 0 Å². The normalized spacial score (nSPS) is 10.4. The van der Waals surface area contributed by atoms with E-state index in [9.17, 15) is 0 Å². The van der Waals surface area contributed by atoms with E-state index in [1.807, 2.05) is 12.1 Å². The Kier molecular flexibility index (Phi) is 2.20. The van der Waals surface area contributed by atoms with Gasteiger partial charge in [0, 0.05) is 15.7 Å². The van der Waals surface area contributed by atoms with Gasteiger partial charge < -0.3 is 5.73 Å². The molecule has 1 heterocycles. The molecule has 0 spiro atoms. The zero-order chi connectivity index (χ0) is 10.1. The van der Waals surface area contributed by atoms with Crippen LogP contribution in [-0.4, -0.2) is 20.2 Å². The van der Waals surface area contributed by atoms with Crippen molar-refractivity contribution in [3.63, 3.8) is 0 Å². The van der Waals surface area contributed by atoms with Crippen molar-refractivity contribution in [3.05, 3.63) is 22.7 Å². The minimum Gasteiger partial charge on any atom is -0.398 e. The highest BCUT2D eigenvalue weighted by molar-refractivity contribution is 9.10. The van der Waals surface area contributed by atoms with E-state index >= 15 is 0 Å². The molecule has 5 nitrogen and oxygen atoms in total. The lowest BCUT2D eigenvalue weighted by atomic mass is 10.2. The number of nitrogens with two attached hydrogens (primary N) is 1. The summed E-state index contributed by atoms with van der Waals surface area (Å²) in [6.07, 6.45) is 0. The molecule has 0 saturated carbocycles. The number of benzene rings is 1. The number of rotatable bonds is 1. The Balaban J connectivity index is 2.55. The number of halogens is 1. The quantitative estimate of drug-likeness (QED) is 0.777. The van der Waals surface area contributed by atoms with Crippen molar-refractivity contribution >= 4 is 21.6 Å². The van der Waals surface area contributed by atoms with Crippen LogP contribution >= 0.6 is 15.9 Å². The van der Waals surface area contributed by atoms with Crippen molar-refractivity contribution in [2.24, 2.45) is 7.05 Å². The van der Waals surface area contributed by atoms with Crippen LogP contribution in [0.1, 0.15) is 0 Å². The molecule has 72 valence electrons.